The number of hydrogen-bond acceptors (Lipinski definition) is 3. The lowest BCUT2D eigenvalue weighted by Gasteiger charge is -2.20. The van der Waals surface area contributed by atoms with E-state index in [1.165, 1.54) is 24.8 Å². The van der Waals surface area contributed by atoms with Gasteiger partial charge in [0.15, 0.2) is 0 Å². The summed E-state index contributed by atoms with van der Waals surface area (Å²) in [4.78, 5) is 4.26. The minimum Gasteiger partial charge on any atom is -0.481 e. The number of methoxy groups -OCH3 is 1. The van der Waals surface area contributed by atoms with Crippen molar-refractivity contribution in [2.75, 3.05) is 12.4 Å². The normalized spacial score (nSPS) is 11.9. The van der Waals surface area contributed by atoms with E-state index in [9.17, 15) is 0 Å². The molecule has 3 nitrogen and oxygen atoms in total. The van der Waals surface area contributed by atoms with Gasteiger partial charge in [0.05, 0.1) is 25.0 Å². The molecule has 0 amide bonds. The summed E-state index contributed by atoms with van der Waals surface area (Å²) < 4.78 is 5.10. The van der Waals surface area contributed by atoms with E-state index in [0.717, 1.165) is 12.1 Å². The van der Waals surface area contributed by atoms with Crippen molar-refractivity contribution in [2.24, 2.45) is 0 Å². The van der Waals surface area contributed by atoms with Gasteiger partial charge in [0.25, 0.3) is 0 Å². The number of benzene rings is 1. The Morgan fingerprint density at radius 2 is 1.90 bits per heavy atom. The average molecular weight is 284 g/mol. The molecule has 2 rings (SSSR count). The molecule has 2 aromatic rings. The van der Waals surface area contributed by atoms with E-state index < -0.39 is 0 Å². The first-order valence-electron chi connectivity index (χ1n) is 7.65. The zero-order valence-corrected chi connectivity index (χ0v) is 12.9. The summed E-state index contributed by atoms with van der Waals surface area (Å²) in [7, 11) is 1.63. The van der Waals surface area contributed by atoms with Gasteiger partial charge in [-0.15, -0.1) is 0 Å². The Morgan fingerprint density at radius 1 is 1.10 bits per heavy atom. The second-order valence-corrected chi connectivity index (χ2v) is 5.19. The highest BCUT2D eigenvalue weighted by molar-refractivity contribution is 5.44. The zero-order chi connectivity index (χ0) is 14.9. The first-order valence-corrected chi connectivity index (χ1v) is 7.65. The fourth-order valence-electron chi connectivity index (χ4n) is 2.39. The van der Waals surface area contributed by atoms with E-state index in [0.29, 0.717) is 11.9 Å². The van der Waals surface area contributed by atoms with Crippen LogP contribution in [-0.2, 0) is 0 Å². The van der Waals surface area contributed by atoms with Gasteiger partial charge in [0.1, 0.15) is 0 Å². The number of pyridine rings is 1. The molecular weight excluding hydrogens is 260 g/mol. The van der Waals surface area contributed by atoms with Crippen LogP contribution in [0.2, 0.25) is 0 Å². The van der Waals surface area contributed by atoms with Gasteiger partial charge < -0.3 is 10.1 Å². The molecule has 0 fully saturated rings. The van der Waals surface area contributed by atoms with Crippen LogP contribution in [0.25, 0.3) is 0 Å². The monoisotopic (exact) mass is 284 g/mol. The van der Waals surface area contributed by atoms with Crippen molar-refractivity contribution in [1.82, 2.24) is 4.98 Å². The van der Waals surface area contributed by atoms with Crippen molar-refractivity contribution >= 4 is 5.69 Å². The first-order chi connectivity index (χ1) is 10.3. The average Bonchev–Trinajstić information content (AvgIpc) is 2.55. The van der Waals surface area contributed by atoms with Gasteiger partial charge in [-0.25, -0.2) is 4.98 Å². The molecular formula is C18H24N2O. The SMILES string of the molecule is CCCCCC(Nc1ccc(OC)nc1)c1ccccc1. The molecule has 0 bridgehead atoms. The molecule has 1 atom stereocenters. The second-order valence-electron chi connectivity index (χ2n) is 5.19. The molecule has 0 spiro atoms. The predicted octanol–water partition coefficient (Wildman–Crippen LogP) is 4.82. The van der Waals surface area contributed by atoms with E-state index in [2.05, 4.69) is 47.6 Å². The Kier molecular flexibility index (Phi) is 6.07. The van der Waals surface area contributed by atoms with Gasteiger partial charge in [0, 0.05) is 6.07 Å². The van der Waals surface area contributed by atoms with Crippen LogP contribution < -0.4 is 10.1 Å². The van der Waals surface area contributed by atoms with Crippen LogP contribution in [0.15, 0.2) is 48.7 Å². The fourth-order valence-corrected chi connectivity index (χ4v) is 2.39. The van der Waals surface area contributed by atoms with Crippen molar-refractivity contribution in [3.8, 4) is 5.88 Å². The lowest BCUT2D eigenvalue weighted by Crippen LogP contribution is -2.11. The molecule has 1 heterocycles. The Bertz CT molecular complexity index is 511. The maximum Gasteiger partial charge on any atom is 0.213 e. The third-order valence-electron chi connectivity index (χ3n) is 3.58. The molecule has 0 aliphatic heterocycles. The van der Waals surface area contributed by atoms with Gasteiger partial charge >= 0.3 is 0 Å². The Balaban J connectivity index is 2.07. The number of nitrogens with one attached hydrogen (secondary N) is 1. The van der Waals surface area contributed by atoms with Crippen LogP contribution in [0.1, 0.15) is 44.2 Å². The van der Waals surface area contributed by atoms with Gasteiger partial charge in [-0.05, 0) is 18.1 Å². The summed E-state index contributed by atoms with van der Waals surface area (Å²) >= 11 is 0. The molecule has 0 saturated carbocycles. The topological polar surface area (TPSA) is 34.1 Å². The molecule has 0 radical (unpaired) electrons. The number of unbranched alkanes of at least 4 members (excludes halogenated alkanes) is 2. The van der Waals surface area contributed by atoms with Crippen molar-refractivity contribution in [2.45, 2.75) is 38.6 Å². The maximum absolute atomic E-state index is 5.10. The minimum atomic E-state index is 0.327. The zero-order valence-electron chi connectivity index (χ0n) is 12.9. The standard InChI is InChI=1S/C18H24N2O/c1-3-4-6-11-17(15-9-7-5-8-10-15)20-16-12-13-18(21-2)19-14-16/h5,7-10,12-14,17,20H,3-4,6,11H2,1-2H3. The van der Waals surface area contributed by atoms with E-state index in [-0.39, 0.29) is 0 Å². The lowest BCUT2D eigenvalue weighted by molar-refractivity contribution is 0.398. The number of aromatic nitrogens is 1. The number of nitrogens with zero attached hydrogens (tertiary/aromatic N) is 1. The summed E-state index contributed by atoms with van der Waals surface area (Å²) in [5, 5.41) is 3.59. The smallest absolute Gasteiger partial charge is 0.213 e. The van der Waals surface area contributed by atoms with Gasteiger partial charge in [-0.3, -0.25) is 0 Å². The molecule has 0 saturated heterocycles. The van der Waals surface area contributed by atoms with Crippen molar-refractivity contribution in [1.29, 1.82) is 0 Å². The maximum atomic E-state index is 5.10. The molecule has 1 N–H and O–H groups in total. The highest BCUT2D eigenvalue weighted by Gasteiger charge is 2.11. The van der Waals surface area contributed by atoms with Crippen molar-refractivity contribution in [3.05, 3.63) is 54.2 Å². The number of rotatable bonds is 8. The van der Waals surface area contributed by atoms with Crippen LogP contribution in [0.5, 0.6) is 5.88 Å². The van der Waals surface area contributed by atoms with Crippen molar-refractivity contribution in [3.63, 3.8) is 0 Å². The van der Waals surface area contributed by atoms with Crippen molar-refractivity contribution < 1.29 is 4.74 Å². The van der Waals surface area contributed by atoms with Gasteiger partial charge in [-0.2, -0.15) is 0 Å². The molecule has 0 aliphatic carbocycles. The number of ether oxygens (including phenoxy) is 1. The molecule has 1 unspecified atom stereocenters. The summed E-state index contributed by atoms with van der Waals surface area (Å²) in [6.45, 7) is 2.23. The quantitative estimate of drug-likeness (QED) is 0.705. The molecule has 1 aromatic heterocycles. The van der Waals surface area contributed by atoms with E-state index in [1.807, 2.05) is 18.3 Å². The summed E-state index contributed by atoms with van der Waals surface area (Å²) in [6.07, 6.45) is 6.70. The molecule has 0 aliphatic rings. The van der Waals surface area contributed by atoms with Crippen LogP contribution >= 0.6 is 0 Å². The molecule has 112 valence electrons. The Hall–Kier alpha value is -2.03. The van der Waals surface area contributed by atoms with Crippen LogP contribution in [0, 0.1) is 0 Å². The first kappa shape index (κ1) is 15.4. The third-order valence-corrected chi connectivity index (χ3v) is 3.58. The molecule has 21 heavy (non-hydrogen) atoms. The fraction of sp³-hybridized carbons (Fsp3) is 0.389. The number of hydrogen-bond donors (Lipinski definition) is 1. The van der Waals surface area contributed by atoms with Crippen LogP contribution in [0.3, 0.4) is 0 Å². The predicted molar refractivity (Wildman–Crippen MR) is 87.7 cm³/mol. The second kappa shape index (κ2) is 8.30. The Labute approximate surface area is 127 Å². The summed E-state index contributed by atoms with van der Waals surface area (Å²) in [5.74, 6) is 0.641. The Morgan fingerprint density at radius 3 is 2.52 bits per heavy atom. The summed E-state index contributed by atoms with van der Waals surface area (Å²) in [6, 6.07) is 14.8. The minimum absolute atomic E-state index is 0.327. The highest BCUT2D eigenvalue weighted by atomic mass is 16.5. The number of anilines is 1. The largest absolute Gasteiger partial charge is 0.481 e. The van der Waals surface area contributed by atoms with Gasteiger partial charge in [0.2, 0.25) is 5.88 Å². The van der Waals surface area contributed by atoms with Crippen LogP contribution in [-0.4, -0.2) is 12.1 Å². The lowest BCUT2D eigenvalue weighted by atomic mass is 10.0. The highest BCUT2D eigenvalue weighted by Crippen LogP contribution is 2.25. The third kappa shape index (κ3) is 4.78. The van der Waals surface area contributed by atoms with E-state index >= 15 is 0 Å². The molecule has 1 aromatic carbocycles. The summed E-state index contributed by atoms with van der Waals surface area (Å²) in [5.41, 5.74) is 2.35. The van der Waals surface area contributed by atoms with Crippen LogP contribution in [0.4, 0.5) is 5.69 Å². The van der Waals surface area contributed by atoms with Gasteiger partial charge in [-0.1, -0.05) is 56.5 Å². The van der Waals surface area contributed by atoms with E-state index in [4.69, 9.17) is 4.74 Å². The van der Waals surface area contributed by atoms with E-state index in [1.54, 1.807) is 7.11 Å². The molecule has 3 heteroatoms.